The number of rotatable bonds is 5. The molecule has 0 N–H and O–H groups in total. The van der Waals surface area contributed by atoms with Crippen LogP contribution in [0.2, 0.25) is 0 Å². The summed E-state index contributed by atoms with van der Waals surface area (Å²) in [6, 6.07) is 9.64. The summed E-state index contributed by atoms with van der Waals surface area (Å²) in [4.78, 5) is 32.2. The third-order valence-corrected chi connectivity index (χ3v) is 3.16. The largest absolute Gasteiger partial charge is 0.457 e. The topological polar surface area (TPSA) is 113 Å². The molecule has 0 aliphatic heterocycles. The fourth-order valence-electron chi connectivity index (χ4n) is 1.88. The van der Waals surface area contributed by atoms with E-state index in [-0.39, 0.29) is 23.5 Å². The molecule has 2 rings (SSSR count). The second-order valence-corrected chi connectivity index (χ2v) is 4.76. The Morgan fingerprint density at radius 1 is 1.04 bits per heavy atom. The first-order chi connectivity index (χ1) is 10.9. The average Bonchev–Trinajstić information content (AvgIpc) is 2.53. The summed E-state index contributed by atoms with van der Waals surface area (Å²) in [5.41, 5.74) is 0.876. The van der Waals surface area contributed by atoms with Gasteiger partial charge in [-0.3, -0.25) is 20.2 Å². The van der Waals surface area contributed by atoms with Crippen molar-refractivity contribution in [2.75, 3.05) is 0 Å². The number of nitrogens with zero attached hydrogens (tertiary/aromatic N) is 2. The molecule has 0 bridgehead atoms. The van der Waals surface area contributed by atoms with Crippen LogP contribution in [-0.4, -0.2) is 15.8 Å². The summed E-state index contributed by atoms with van der Waals surface area (Å²) < 4.78 is 5.06. The molecule has 0 saturated carbocycles. The molecule has 0 radical (unpaired) electrons. The van der Waals surface area contributed by atoms with Crippen LogP contribution >= 0.6 is 0 Å². The summed E-state index contributed by atoms with van der Waals surface area (Å²) in [6.45, 7) is 1.49. The normalized spacial score (nSPS) is 10.1. The van der Waals surface area contributed by atoms with Crippen LogP contribution in [0.4, 0.5) is 11.4 Å². The van der Waals surface area contributed by atoms with Gasteiger partial charge in [0, 0.05) is 23.8 Å². The van der Waals surface area contributed by atoms with Crippen molar-refractivity contribution in [1.29, 1.82) is 0 Å². The molecule has 0 fully saturated rings. The third-order valence-electron chi connectivity index (χ3n) is 3.16. The van der Waals surface area contributed by atoms with Crippen LogP contribution in [0.1, 0.15) is 21.5 Å². The van der Waals surface area contributed by atoms with Gasteiger partial charge in [-0.05, 0) is 30.7 Å². The Bertz CT molecular complexity index is 770. The van der Waals surface area contributed by atoms with Gasteiger partial charge in [0.25, 0.3) is 11.4 Å². The van der Waals surface area contributed by atoms with Crippen molar-refractivity contribution in [2.45, 2.75) is 13.5 Å². The predicted octanol–water partition coefficient (Wildman–Crippen LogP) is 3.17. The summed E-state index contributed by atoms with van der Waals surface area (Å²) in [7, 11) is 0. The minimum atomic E-state index is -0.702. The number of nitro groups is 2. The fraction of sp³-hybridized carbons (Fsp3) is 0.133. The van der Waals surface area contributed by atoms with Crippen molar-refractivity contribution in [1.82, 2.24) is 0 Å². The standard InChI is InChI=1S/C15H12N2O6/c1-10-2-5-12(8-14(10)17(21)22)15(18)23-9-11-3-6-13(7-4-11)16(19)20/h2-8H,9H2,1H3. The lowest BCUT2D eigenvalue weighted by Gasteiger charge is -2.05. The zero-order valence-corrected chi connectivity index (χ0v) is 12.1. The van der Waals surface area contributed by atoms with Crippen LogP contribution in [0.5, 0.6) is 0 Å². The number of aryl methyl sites for hydroxylation is 1. The van der Waals surface area contributed by atoms with Crippen LogP contribution in [0.3, 0.4) is 0 Å². The predicted molar refractivity (Wildman–Crippen MR) is 80.0 cm³/mol. The molecule has 0 aromatic heterocycles. The molecule has 0 unspecified atom stereocenters. The Labute approximate surface area is 130 Å². The van der Waals surface area contributed by atoms with E-state index in [1.165, 1.54) is 36.4 Å². The molecule has 2 aromatic carbocycles. The van der Waals surface area contributed by atoms with E-state index in [0.717, 1.165) is 6.07 Å². The van der Waals surface area contributed by atoms with E-state index in [4.69, 9.17) is 4.74 Å². The highest BCUT2D eigenvalue weighted by atomic mass is 16.6. The van der Waals surface area contributed by atoms with Crippen LogP contribution in [0, 0.1) is 27.2 Å². The van der Waals surface area contributed by atoms with E-state index in [1.54, 1.807) is 6.92 Å². The Morgan fingerprint density at radius 3 is 2.26 bits per heavy atom. The summed E-state index contributed by atoms with van der Waals surface area (Å²) in [6.07, 6.45) is 0. The van der Waals surface area contributed by atoms with Gasteiger partial charge in [0.2, 0.25) is 0 Å². The van der Waals surface area contributed by atoms with Crippen molar-refractivity contribution >= 4 is 17.3 Å². The highest BCUT2D eigenvalue weighted by molar-refractivity contribution is 5.90. The number of ether oxygens (including phenoxy) is 1. The maximum absolute atomic E-state index is 11.9. The molecule has 0 saturated heterocycles. The van der Waals surface area contributed by atoms with Gasteiger partial charge in [-0.25, -0.2) is 4.79 Å². The smallest absolute Gasteiger partial charge is 0.338 e. The molecular formula is C15H12N2O6. The highest BCUT2D eigenvalue weighted by Gasteiger charge is 2.16. The molecular weight excluding hydrogens is 304 g/mol. The minimum absolute atomic E-state index is 0.0609. The zero-order valence-electron chi connectivity index (χ0n) is 12.1. The number of nitro benzene ring substituents is 2. The van der Waals surface area contributed by atoms with Crippen molar-refractivity contribution < 1.29 is 19.4 Å². The number of hydrogen-bond donors (Lipinski definition) is 0. The van der Waals surface area contributed by atoms with E-state index >= 15 is 0 Å². The second-order valence-electron chi connectivity index (χ2n) is 4.76. The number of benzene rings is 2. The summed E-state index contributed by atoms with van der Waals surface area (Å²) in [5, 5.41) is 21.4. The van der Waals surface area contributed by atoms with Crippen molar-refractivity contribution in [3.8, 4) is 0 Å². The van der Waals surface area contributed by atoms with Crippen LogP contribution in [-0.2, 0) is 11.3 Å². The first-order valence-corrected chi connectivity index (χ1v) is 6.54. The number of carbonyl (C=O) groups is 1. The van der Waals surface area contributed by atoms with E-state index in [2.05, 4.69) is 0 Å². The van der Waals surface area contributed by atoms with Gasteiger partial charge in [-0.2, -0.15) is 0 Å². The van der Waals surface area contributed by atoms with Gasteiger partial charge in [0.1, 0.15) is 6.61 Å². The SMILES string of the molecule is Cc1ccc(C(=O)OCc2ccc([N+](=O)[O-])cc2)cc1[N+](=O)[O-]. The fourth-order valence-corrected chi connectivity index (χ4v) is 1.88. The quantitative estimate of drug-likeness (QED) is 0.475. The number of non-ortho nitro benzene ring substituents is 1. The van der Waals surface area contributed by atoms with E-state index in [1.807, 2.05) is 0 Å². The number of esters is 1. The third kappa shape index (κ3) is 3.88. The van der Waals surface area contributed by atoms with Crippen LogP contribution < -0.4 is 0 Å². The molecule has 0 aliphatic carbocycles. The number of hydrogen-bond acceptors (Lipinski definition) is 6. The second kappa shape index (κ2) is 6.65. The Kier molecular flexibility index (Phi) is 4.65. The summed E-state index contributed by atoms with van der Waals surface area (Å²) >= 11 is 0. The van der Waals surface area contributed by atoms with Crippen LogP contribution in [0.15, 0.2) is 42.5 Å². The number of carbonyl (C=O) groups excluding carboxylic acids is 1. The molecule has 2 aromatic rings. The molecule has 0 amide bonds. The van der Waals surface area contributed by atoms with Crippen molar-refractivity contribution in [3.05, 3.63) is 79.4 Å². The van der Waals surface area contributed by atoms with E-state index in [0.29, 0.717) is 11.1 Å². The van der Waals surface area contributed by atoms with Gasteiger partial charge in [-0.1, -0.05) is 6.07 Å². The lowest BCUT2D eigenvalue weighted by atomic mass is 10.1. The van der Waals surface area contributed by atoms with Crippen molar-refractivity contribution in [2.24, 2.45) is 0 Å². The Balaban J connectivity index is 2.06. The lowest BCUT2D eigenvalue weighted by molar-refractivity contribution is -0.385. The maximum Gasteiger partial charge on any atom is 0.338 e. The molecule has 23 heavy (non-hydrogen) atoms. The Hall–Kier alpha value is -3.29. The average molecular weight is 316 g/mol. The first-order valence-electron chi connectivity index (χ1n) is 6.54. The molecule has 0 atom stereocenters. The summed E-state index contributed by atoms with van der Waals surface area (Å²) in [5.74, 6) is -0.702. The van der Waals surface area contributed by atoms with E-state index < -0.39 is 15.8 Å². The zero-order chi connectivity index (χ0) is 17.0. The molecule has 8 nitrogen and oxygen atoms in total. The monoisotopic (exact) mass is 316 g/mol. The molecule has 0 aliphatic rings. The lowest BCUT2D eigenvalue weighted by Crippen LogP contribution is -2.06. The van der Waals surface area contributed by atoms with Gasteiger partial charge in [-0.15, -0.1) is 0 Å². The van der Waals surface area contributed by atoms with Crippen molar-refractivity contribution in [3.63, 3.8) is 0 Å². The van der Waals surface area contributed by atoms with Gasteiger partial charge >= 0.3 is 5.97 Å². The molecule has 118 valence electrons. The molecule has 0 heterocycles. The molecule has 0 spiro atoms. The minimum Gasteiger partial charge on any atom is -0.457 e. The van der Waals surface area contributed by atoms with Crippen LogP contribution in [0.25, 0.3) is 0 Å². The van der Waals surface area contributed by atoms with Gasteiger partial charge in [0.15, 0.2) is 0 Å². The first kappa shape index (κ1) is 16.1. The maximum atomic E-state index is 11.9. The van der Waals surface area contributed by atoms with Gasteiger partial charge < -0.3 is 4.74 Å². The Morgan fingerprint density at radius 2 is 1.70 bits per heavy atom. The highest BCUT2D eigenvalue weighted by Crippen LogP contribution is 2.20. The molecule has 8 heteroatoms. The van der Waals surface area contributed by atoms with E-state index in [9.17, 15) is 25.0 Å². The van der Waals surface area contributed by atoms with Gasteiger partial charge in [0.05, 0.1) is 15.4 Å².